The lowest BCUT2D eigenvalue weighted by molar-refractivity contribution is -0.141. The van der Waals surface area contributed by atoms with Gasteiger partial charge < -0.3 is 4.90 Å². The van der Waals surface area contributed by atoms with Gasteiger partial charge in [0.05, 0.1) is 17.9 Å². The fourth-order valence-electron chi connectivity index (χ4n) is 4.66. The first kappa shape index (κ1) is 19.1. The van der Waals surface area contributed by atoms with Crippen LogP contribution < -0.4 is 4.90 Å². The van der Waals surface area contributed by atoms with Crippen molar-refractivity contribution in [1.82, 2.24) is 4.90 Å². The van der Waals surface area contributed by atoms with Crippen molar-refractivity contribution in [2.45, 2.75) is 32.9 Å². The van der Waals surface area contributed by atoms with Crippen LogP contribution in [0.25, 0.3) is 6.08 Å². The summed E-state index contributed by atoms with van der Waals surface area (Å²) in [5, 5.41) is 0. The summed E-state index contributed by atoms with van der Waals surface area (Å²) in [5.41, 5.74) is 1.24. The van der Waals surface area contributed by atoms with Gasteiger partial charge in [0.1, 0.15) is 6.04 Å². The number of imide groups is 1. The number of amides is 2. The monoisotopic (exact) mass is 442 g/mol. The predicted molar refractivity (Wildman–Crippen MR) is 112 cm³/mol. The number of carbonyl (C=O) groups excluding carboxylic acids is 3. The molecule has 1 aromatic rings. The molecule has 1 aromatic carbocycles. The average Bonchev–Trinajstić information content (AvgIpc) is 3.09. The molecule has 146 valence electrons. The lowest BCUT2D eigenvalue weighted by Gasteiger charge is -2.38. The third kappa shape index (κ3) is 2.61. The molecule has 0 bridgehead atoms. The highest BCUT2D eigenvalue weighted by molar-refractivity contribution is 9.10. The summed E-state index contributed by atoms with van der Waals surface area (Å²) in [4.78, 5) is 43.0. The molecule has 2 amide bonds. The molecule has 0 saturated carbocycles. The van der Waals surface area contributed by atoms with Crippen LogP contribution in [0.5, 0.6) is 0 Å². The van der Waals surface area contributed by atoms with E-state index in [4.69, 9.17) is 0 Å². The van der Waals surface area contributed by atoms with Gasteiger partial charge in [-0.2, -0.15) is 0 Å². The summed E-state index contributed by atoms with van der Waals surface area (Å²) in [6, 6.07) is 4.90. The standard InChI is InChI=1S/C22H23BrN2O3/c1-5-10-24-20(27)16-15-8-6-12-11-13(23)7-9-14(12)25(15)18(17(16)21(24)28)19(26)22(2,3)4/h5-9,11,15-18H,1,10H2,2-4H3/t15-,16-,17-,18+/m1/s1. The first-order chi connectivity index (χ1) is 13.2. The minimum absolute atomic E-state index is 0.0178. The number of nitrogens with zero attached hydrogens (tertiary/aromatic N) is 2. The van der Waals surface area contributed by atoms with E-state index in [1.54, 1.807) is 6.08 Å². The number of fused-ring (bicyclic) bond motifs is 5. The summed E-state index contributed by atoms with van der Waals surface area (Å²) in [7, 11) is 0. The van der Waals surface area contributed by atoms with Crippen LogP contribution in [0.1, 0.15) is 26.3 Å². The number of benzene rings is 1. The van der Waals surface area contributed by atoms with Crippen LogP contribution in [0.4, 0.5) is 5.69 Å². The van der Waals surface area contributed by atoms with Gasteiger partial charge in [0, 0.05) is 22.1 Å². The summed E-state index contributed by atoms with van der Waals surface area (Å²) in [6.45, 7) is 9.43. The van der Waals surface area contributed by atoms with Gasteiger partial charge in [-0.25, -0.2) is 0 Å². The van der Waals surface area contributed by atoms with Gasteiger partial charge >= 0.3 is 0 Å². The van der Waals surface area contributed by atoms with Crippen molar-refractivity contribution in [2.24, 2.45) is 17.3 Å². The normalized spacial score (nSPS) is 28.3. The maximum Gasteiger partial charge on any atom is 0.236 e. The number of Topliss-reactive ketones (excluding diaryl/α,β-unsaturated/α-hetero) is 1. The molecule has 0 radical (unpaired) electrons. The van der Waals surface area contributed by atoms with E-state index in [1.165, 1.54) is 4.90 Å². The molecule has 3 aliphatic rings. The zero-order chi connectivity index (χ0) is 20.4. The summed E-state index contributed by atoms with van der Waals surface area (Å²) < 4.78 is 0.941. The smallest absolute Gasteiger partial charge is 0.236 e. The molecule has 0 spiro atoms. The molecule has 28 heavy (non-hydrogen) atoms. The van der Waals surface area contributed by atoms with E-state index in [-0.39, 0.29) is 30.2 Å². The molecule has 0 aromatic heterocycles. The molecule has 3 aliphatic heterocycles. The summed E-state index contributed by atoms with van der Waals surface area (Å²) >= 11 is 3.49. The SMILES string of the molecule is C=CCN1C(=O)[C@@H]2[C@H](C1=O)[C@H]1C=Cc3cc(Br)ccc3N1[C@@H]2C(=O)C(C)(C)C. The molecular formula is C22H23BrN2O3. The van der Waals surface area contributed by atoms with Crippen LogP contribution >= 0.6 is 15.9 Å². The van der Waals surface area contributed by atoms with Crippen LogP contribution in [0, 0.1) is 17.3 Å². The number of hydrogen-bond donors (Lipinski definition) is 0. The second kappa shape index (κ2) is 6.41. The molecule has 0 aliphatic carbocycles. The van der Waals surface area contributed by atoms with Crippen molar-refractivity contribution in [2.75, 3.05) is 11.4 Å². The Balaban J connectivity index is 1.88. The molecule has 4 rings (SSSR count). The Hall–Kier alpha value is -2.21. The van der Waals surface area contributed by atoms with Gasteiger partial charge in [-0.05, 0) is 23.8 Å². The number of anilines is 1. The first-order valence-corrected chi connectivity index (χ1v) is 10.2. The van der Waals surface area contributed by atoms with E-state index in [9.17, 15) is 14.4 Å². The molecule has 4 atom stereocenters. The highest BCUT2D eigenvalue weighted by atomic mass is 79.9. The van der Waals surface area contributed by atoms with Gasteiger partial charge in [0.25, 0.3) is 0 Å². The summed E-state index contributed by atoms with van der Waals surface area (Å²) in [5.74, 6) is -1.70. The number of halogens is 1. The molecular weight excluding hydrogens is 420 g/mol. The van der Waals surface area contributed by atoms with Crippen LogP contribution in [0.15, 0.2) is 41.4 Å². The second-order valence-electron chi connectivity index (χ2n) is 8.65. The summed E-state index contributed by atoms with van der Waals surface area (Å²) in [6.07, 6.45) is 5.50. The number of rotatable bonds is 3. The zero-order valence-electron chi connectivity index (χ0n) is 16.2. The fraction of sp³-hybridized carbons (Fsp3) is 0.409. The maximum absolute atomic E-state index is 13.5. The predicted octanol–water partition coefficient (Wildman–Crippen LogP) is 3.44. The van der Waals surface area contributed by atoms with Crippen LogP contribution in [0.2, 0.25) is 0 Å². The quantitative estimate of drug-likeness (QED) is 0.531. The van der Waals surface area contributed by atoms with E-state index in [0.717, 1.165) is 15.7 Å². The van der Waals surface area contributed by atoms with Gasteiger partial charge in [-0.15, -0.1) is 6.58 Å². The number of ketones is 1. The number of hydrogen-bond acceptors (Lipinski definition) is 4. The van der Waals surface area contributed by atoms with Crippen molar-refractivity contribution in [3.05, 3.63) is 47.0 Å². The Morgan fingerprint density at radius 3 is 2.54 bits per heavy atom. The van der Waals surface area contributed by atoms with E-state index >= 15 is 0 Å². The van der Waals surface area contributed by atoms with E-state index < -0.39 is 23.3 Å². The molecule has 0 N–H and O–H groups in total. The maximum atomic E-state index is 13.5. The van der Waals surface area contributed by atoms with Gasteiger partial charge in [-0.1, -0.05) is 54.9 Å². The highest BCUT2D eigenvalue weighted by Gasteiger charge is 2.64. The Kier molecular flexibility index (Phi) is 4.38. The molecule has 0 unspecified atom stereocenters. The molecule has 5 nitrogen and oxygen atoms in total. The highest BCUT2D eigenvalue weighted by Crippen LogP contribution is 2.50. The molecule has 2 saturated heterocycles. The topological polar surface area (TPSA) is 57.7 Å². The lowest BCUT2D eigenvalue weighted by atomic mass is 9.79. The van der Waals surface area contributed by atoms with Crippen molar-refractivity contribution in [3.63, 3.8) is 0 Å². The molecule has 3 heterocycles. The Morgan fingerprint density at radius 2 is 1.89 bits per heavy atom. The third-order valence-electron chi connectivity index (χ3n) is 5.88. The van der Waals surface area contributed by atoms with E-state index in [2.05, 4.69) is 22.5 Å². The Bertz CT molecular complexity index is 930. The number of likely N-dealkylation sites (tertiary alicyclic amines) is 1. The Morgan fingerprint density at radius 1 is 1.21 bits per heavy atom. The minimum Gasteiger partial charge on any atom is -0.353 e. The molecule has 6 heteroatoms. The lowest BCUT2D eigenvalue weighted by Crippen LogP contribution is -2.51. The van der Waals surface area contributed by atoms with Gasteiger partial charge in [0.2, 0.25) is 11.8 Å². The minimum atomic E-state index is -0.663. The third-order valence-corrected chi connectivity index (χ3v) is 6.37. The van der Waals surface area contributed by atoms with E-state index in [1.807, 2.05) is 56.0 Å². The average molecular weight is 443 g/mol. The van der Waals surface area contributed by atoms with Gasteiger partial charge in [-0.3, -0.25) is 19.3 Å². The molecule has 2 fully saturated rings. The van der Waals surface area contributed by atoms with Crippen LogP contribution in [-0.4, -0.2) is 41.1 Å². The Labute approximate surface area is 173 Å². The van der Waals surface area contributed by atoms with Crippen molar-refractivity contribution >= 4 is 45.3 Å². The zero-order valence-corrected chi connectivity index (χ0v) is 17.8. The van der Waals surface area contributed by atoms with Crippen LogP contribution in [-0.2, 0) is 14.4 Å². The van der Waals surface area contributed by atoms with Crippen molar-refractivity contribution in [1.29, 1.82) is 0 Å². The first-order valence-electron chi connectivity index (χ1n) is 9.43. The number of carbonyl (C=O) groups is 3. The largest absolute Gasteiger partial charge is 0.353 e. The second-order valence-corrected chi connectivity index (χ2v) is 9.56. The van der Waals surface area contributed by atoms with Crippen molar-refractivity contribution in [3.8, 4) is 0 Å². The van der Waals surface area contributed by atoms with Crippen molar-refractivity contribution < 1.29 is 14.4 Å². The van der Waals surface area contributed by atoms with Gasteiger partial charge in [0.15, 0.2) is 5.78 Å². The van der Waals surface area contributed by atoms with E-state index in [0.29, 0.717) is 0 Å². The fourth-order valence-corrected chi connectivity index (χ4v) is 5.04. The van der Waals surface area contributed by atoms with Crippen LogP contribution in [0.3, 0.4) is 0 Å².